The Hall–Kier alpha value is -2.41. The fourth-order valence-electron chi connectivity index (χ4n) is 8.67. The number of ketones is 2. The SMILES string of the molecule is C[C@]12CC[C@@H](O[C@@H]3O[C@H](CO)[C@H](O)[C@H]3O)C(=O)[C@H]1CC[C@@H]1C2=C(O)C(=O)[C@]2(C)[C@@H](c3ccc(=O)oc3)CC[C@]12O. The van der Waals surface area contributed by atoms with E-state index >= 15 is 0 Å². The van der Waals surface area contributed by atoms with Gasteiger partial charge in [-0.15, -0.1) is 0 Å². The molecular weight excluding hydrogens is 524 g/mol. The zero-order chi connectivity index (χ0) is 28.8. The second-order valence-corrected chi connectivity index (χ2v) is 12.6. The third-order valence-electron chi connectivity index (χ3n) is 10.9. The Morgan fingerprint density at radius 3 is 2.35 bits per heavy atom. The van der Waals surface area contributed by atoms with Crippen LogP contribution in [-0.4, -0.2) is 80.0 Å². The number of rotatable bonds is 4. The van der Waals surface area contributed by atoms with Gasteiger partial charge in [-0.2, -0.15) is 0 Å². The van der Waals surface area contributed by atoms with Crippen LogP contribution in [0.4, 0.5) is 0 Å². The highest BCUT2D eigenvalue weighted by Gasteiger charge is 2.71. The van der Waals surface area contributed by atoms with Gasteiger partial charge in [-0.1, -0.05) is 6.92 Å². The topological polar surface area (TPSA) is 184 Å². The Kier molecular flexibility index (Phi) is 6.45. The summed E-state index contributed by atoms with van der Waals surface area (Å²) in [6, 6.07) is 2.88. The number of allylic oxidation sites excluding steroid dienone is 1. The Balaban J connectivity index is 1.31. The van der Waals surface area contributed by atoms with E-state index in [1.54, 1.807) is 13.0 Å². The lowest BCUT2D eigenvalue weighted by atomic mass is 9.46. The largest absolute Gasteiger partial charge is 0.504 e. The Morgan fingerprint density at radius 2 is 1.70 bits per heavy atom. The molecule has 1 aliphatic heterocycles. The molecule has 0 spiro atoms. The van der Waals surface area contributed by atoms with Crippen LogP contribution in [0.15, 0.2) is 38.9 Å². The number of fused-ring (bicyclic) bond motifs is 5. The Morgan fingerprint density at radius 1 is 0.975 bits per heavy atom. The van der Waals surface area contributed by atoms with Gasteiger partial charge in [0.25, 0.3) is 0 Å². The minimum Gasteiger partial charge on any atom is -0.504 e. The molecule has 1 saturated heterocycles. The van der Waals surface area contributed by atoms with E-state index in [0.717, 1.165) is 0 Å². The molecule has 4 fully saturated rings. The van der Waals surface area contributed by atoms with E-state index in [-0.39, 0.29) is 12.2 Å². The summed E-state index contributed by atoms with van der Waals surface area (Å²) < 4.78 is 16.3. The van der Waals surface area contributed by atoms with Crippen LogP contribution in [-0.2, 0) is 19.1 Å². The summed E-state index contributed by atoms with van der Waals surface area (Å²) in [6.45, 7) is 3.02. The molecule has 11 atom stereocenters. The first kappa shape index (κ1) is 27.7. The molecule has 5 aliphatic rings. The van der Waals surface area contributed by atoms with Gasteiger partial charge in [0, 0.05) is 29.2 Å². The van der Waals surface area contributed by atoms with Gasteiger partial charge >= 0.3 is 5.63 Å². The Bertz CT molecular complexity index is 1300. The van der Waals surface area contributed by atoms with Crippen LogP contribution < -0.4 is 5.63 Å². The minimum absolute atomic E-state index is 0.220. The first-order valence-corrected chi connectivity index (χ1v) is 14.0. The Labute approximate surface area is 230 Å². The molecule has 11 heteroatoms. The third-order valence-corrected chi connectivity index (χ3v) is 10.9. The van der Waals surface area contributed by atoms with Gasteiger partial charge in [0.2, 0.25) is 5.78 Å². The normalized spacial score (nSPS) is 46.8. The smallest absolute Gasteiger partial charge is 0.335 e. The molecule has 0 aromatic carbocycles. The van der Waals surface area contributed by atoms with E-state index in [4.69, 9.17) is 13.9 Å². The third kappa shape index (κ3) is 3.55. The van der Waals surface area contributed by atoms with Crippen molar-refractivity contribution in [3.8, 4) is 0 Å². The van der Waals surface area contributed by atoms with Crippen molar-refractivity contribution in [1.29, 1.82) is 0 Å². The number of carbonyl (C=O) groups is 2. The van der Waals surface area contributed by atoms with E-state index in [1.165, 1.54) is 12.3 Å². The lowest BCUT2D eigenvalue weighted by Crippen LogP contribution is -2.63. The van der Waals surface area contributed by atoms with Crippen molar-refractivity contribution in [2.45, 2.75) is 94.6 Å². The van der Waals surface area contributed by atoms with Crippen LogP contribution in [0.3, 0.4) is 0 Å². The second kappa shape index (κ2) is 9.30. The highest BCUT2D eigenvalue weighted by Crippen LogP contribution is 2.68. The average Bonchev–Trinajstić information content (AvgIpc) is 3.37. The van der Waals surface area contributed by atoms with Gasteiger partial charge in [0.1, 0.15) is 24.4 Å². The van der Waals surface area contributed by atoms with Crippen molar-refractivity contribution in [2.24, 2.45) is 22.7 Å². The quantitative estimate of drug-likeness (QED) is 0.352. The first-order chi connectivity index (χ1) is 18.9. The predicted molar refractivity (Wildman–Crippen MR) is 136 cm³/mol. The van der Waals surface area contributed by atoms with Crippen LogP contribution in [0, 0.1) is 22.7 Å². The van der Waals surface area contributed by atoms with Crippen molar-refractivity contribution < 1.29 is 49.0 Å². The van der Waals surface area contributed by atoms with Crippen molar-refractivity contribution in [3.63, 3.8) is 0 Å². The highest BCUT2D eigenvalue weighted by molar-refractivity contribution is 6.02. The summed E-state index contributed by atoms with van der Waals surface area (Å²) in [5.74, 6) is -2.83. The number of ether oxygens (including phenoxy) is 2. The van der Waals surface area contributed by atoms with Gasteiger partial charge in [0.15, 0.2) is 17.8 Å². The zero-order valence-electron chi connectivity index (χ0n) is 22.5. The number of aliphatic hydroxyl groups excluding tert-OH is 4. The van der Waals surface area contributed by atoms with Crippen LogP contribution in [0.25, 0.3) is 0 Å². The minimum atomic E-state index is -1.46. The number of hydrogen-bond donors (Lipinski definition) is 5. The van der Waals surface area contributed by atoms with Gasteiger partial charge in [0.05, 0.1) is 23.9 Å². The summed E-state index contributed by atoms with van der Waals surface area (Å²) in [5, 5.41) is 53.5. The molecular formula is C29H36O11. The number of carbonyl (C=O) groups excluding carboxylic acids is 2. The molecule has 5 N–H and O–H groups in total. The van der Waals surface area contributed by atoms with E-state index in [9.17, 15) is 39.9 Å². The molecule has 11 nitrogen and oxygen atoms in total. The van der Waals surface area contributed by atoms with Gasteiger partial charge in [-0.25, -0.2) is 4.79 Å². The lowest BCUT2D eigenvalue weighted by Gasteiger charge is -2.58. The van der Waals surface area contributed by atoms with Crippen LogP contribution in [0.2, 0.25) is 0 Å². The molecule has 0 amide bonds. The molecule has 1 aromatic heterocycles. The highest BCUT2D eigenvalue weighted by atomic mass is 16.7. The summed E-state index contributed by atoms with van der Waals surface area (Å²) in [4.78, 5) is 39.3. The van der Waals surface area contributed by atoms with Crippen molar-refractivity contribution in [3.05, 3.63) is 45.7 Å². The van der Waals surface area contributed by atoms with E-state index in [2.05, 4.69) is 0 Å². The number of hydrogen-bond acceptors (Lipinski definition) is 11. The molecule has 2 heterocycles. The lowest BCUT2D eigenvalue weighted by molar-refractivity contribution is -0.207. The summed E-state index contributed by atoms with van der Waals surface area (Å²) in [7, 11) is 0. The maximum Gasteiger partial charge on any atom is 0.335 e. The number of aliphatic hydroxyl groups is 5. The average molecular weight is 561 g/mol. The standard InChI is InChI=1S/C29H36O11/c1-27-9-8-17(39-26-24(35)22(33)18(11-30)40-26)21(32)16(27)5-4-15-20(27)23(34)25(36)28(2)14(7-10-29(15,28)37)13-3-6-19(31)38-12-13/h3,6,12,14-18,22,24,26,30,33-35,37H,4-5,7-11H2,1-2H3/t14-,15-,16-,17-,18-,22+,24-,26-,27+,28+,29+/m1/s1. The van der Waals surface area contributed by atoms with Crippen molar-refractivity contribution >= 4 is 11.6 Å². The summed E-state index contributed by atoms with van der Waals surface area (Å²) in [6.07, 6.45) is -2.52. The summed E-state index contributed by atoms with van der Waals surface area (Å²) in [5.41, 5.74) is -3.19. The fraction of sp³-hybridized carbons (Fsp3) is 0.690. The molecule has 4 aliphatic carbocycles. The van der Waals surface area contributed by atoms with Crippen molar-refractivity contribution in [2.75, 3.05) is 6.61 Å². The molecule has 40 heavy (non-hydrogen) atoms. The van der Waals surface area contributed by atoms with Gasteiger partial charge in [-0.05, 0) is 62.7 Å². The van der Waals surface area contributed by atoms with E-state index in [0.29, 0.717) is 43.2 Å². The number of Topliss-reactive ketones (excluding diaryl/α,β-unsaturated/α-hetero) is 2. The molecule has 218 valence electrons. The van der Waals surface area contributed by atoms with Gasteiger partial charge < -0.3 is 39.4 Å². The molecule has 1 aromatic rings. The second-order valence-electron chi connectivity index (χ2n) is 12.6. The zero-order valence-corrected chi connectivity index (χ0v) is 22.5. The maximum atomic E-state index is 14.0. The van der Waals surface area contributed by atoms with Crippen LogP contribution in [0.5, 0.6) is 0 Å². The maximum absolute atomic E-state index is 14.0. The fourth-order valence-corrected chi connectivity index (χ4v) is 8.67. The van der Waals surface area contributed by atoms with Crippen LogP contribution in [0.1, 0.15) is 63.9 Å². The first-order valence-electron chi connectivity index (χ1n) is 14.0. The van der Waals surface area contributed by atoms with Crippen molar-refractivity contribution in [1.82, 2.24) is 0 Å². The predicted octanol–water partition coefficient (Wildman–Crippen LogP) is 0.869. The molecule has 6 rings (SSSR count). The van der Waals surface area contributed by atoms with E-state index in [1.807, 2.05) is 6.92 Å². The van der Waals surface area contributed by atoms with Gasteiger partial charge in [-0.3, -0.25) is 9.59 Å². The van der Waals surface area contributed by atoms with E-state index < -0.39 is 88.7 Å². The molecule has 0 bridgehead atoms. The monoisotopic (exact) mass is 560 g/mol. The molecule has 0 radical (unpaired) electrons. The molecule has 0 unspecified atom stereocenters. The van der Waals surface area contributed by atoms with Crippen LogP contribution >= 0.6 is 0 Å². The molecule has 3 saturated carbocycles. The summed E-state index contributed by atoms with van der Waals surface area (Å²) >= 11 is 0.